The summed E-state index contributed by atoms with van der Waals surface area (Å²) in [6.45, 7) is 19.1. The van der Waals surface area contributed by atoms with Crippen LogP contribution in [0.1, 0.15) is 118 Å². The molecule has 3 aliphatic rings. The molecule has 18 nitrogen and oxygen atoms in total. The molecular formula is C73H92BCl2F6IN6O12. The number of rotatable bonds is 24. The number of quaternary nitrogens is 1. The normalized spacial score (nSPS) is 15.4. The van der Waals surface area contributed by atoms with Gasteiger partial charge in [0.05, 0.1) is 63.3 Å². The summed E-state index contributed by atoms with van der Waals surface area (Å²) in [6, 6.07) is 35.6. The van der Waals surface area contributed by atoms with E-state index in [9.17, 15) is 50.3 Å². The molecule has 0 unspecified atom stereocenters. The molecule has 3 fully saturated rings. The van der Waals surface area contributed by atoms with Crippen molar-refractivity contribution in [2.45, 2.75) is 150 Å². The molecule has 0 bridgehead atoms. The average Bonchev–Trinajstić information content (AvgIpc) is 1.79. The number of benzene rings is 6. The minimum atomic E-state index is -1.53. The third kappa shape index (κ3) is 27.0. The number of hydrogen-bond acceptors (Lipinski definition) is 12. The highest BCUT2D eigenvalue weighted by Gasteiger charge is 2.34. The maximum atomic E-state index is 14.9. The van der Waals surface area contributed by atoms with Crippen LogP contribution in [0.3, 0.4) is 0 Å². The summed E-state index contributed by atoms with van der Waals surface area (Å²) in [6.07, 6.45) is 0.524. The Morgan fingerprint density at radius 3 is 1.21 bits per heavy atom. The molecule has 6 aromatic carbocycles. The van der Waals surface area contributed by atoms with Gasteiger partial charge in [0.1, 0.15) is 53.5 Å². The Bertz CT molecular complexity index is 3610. The predicted molar refractivity (Wildman–Crippen MR) is 386 cm³/mol. The third-order valence-corrected chi connectivity index (χ3v) is 16.5. The van der Waals surface area contributed by atoms with Crippen molar-refractivity contribution in [3.05, 3.63) is 165 Å². The van der Waals surface area contributed by atoms with Gasteiger partial charge in [0.25, 0.3) is 0 Å². The van der Waals surface area contributed by atoms with E-state index >= 15 is 0 Å². The van der Waals surface area contributed by atoms with Gasteiger partial charge in [-0.05, 0) is 179 Å². The van der Waals surface area contributed by atoms with Crippen molar-refractivity contribution in [2.24, 2.45) is 0 Å². The summed E-state index contributed by atoms with van der Waals surface area (Å²) >= 11 is 1.91. The average molecular weight is 1570 g/mol. The Kier molecular flexibility index (Phi) is 35.4. The summed E-state index contributed by atoms with van der Waals surface area (Å²) in [5, 5.41) is 20.2. The molecule has 0 radical (unpaired) electrons. The molecule has 3 atom stereocenters. The fraction of sp³-hybridized carbons (Fsp3) is 0.438. The number of halogens is 9. The van der Waals surface area contributed by atoms with Crippen LogP contribution in [0.25, 0.3) is 22.3 Å². The van der Waals surface area contributed by atoms with Gasteiger partial charge in [0.15, 0.2) is 0 Å². The number of carbonyl (C=O) groups is 5. The van der Waals surface area contributed by atoms with Crippen LogP contribution in [-0.4, -0.2) is 146 Å². The van der Waals surface area contributed by atoms with E-state index in [1.54, 1.807) is 126 Å². The second-order valence-electron chi connectivity index (χ2n) is 25.7. The highest BCUT2D eigenvalue weighted by molar-refractivity contribution is 14.1. The molecule has 5 amide bonds. The summed E-state index contributed by atoms with van der Waals surface area (Å²) in [5.41, 5.74) is 5.69. The molecule has 3 heterocycles. The van der Waals surface area contributed by atoms with Crippen molar-refractivity contribution >= 4 is 95.1 Å². The van der Waals surface area contributed by atoms with Gasteiger partial charge in [-0.25, -0.2) is 37.1 Å². The lowest BCUT2D eigenvalue weighted by atomic mass is 9.80. The zero-order valence-corrected chi connectivity index (χ0v) is 62.1. The summed E-state index contributed by atoms with van der Waals surface area (Å²) < 4.78 is 107. The Balaban J connectivity index is 0.000000293. The summed E-state index contributed by atoms with van der Waals surface area (Å²) in [7, 11) is -1.53. The predicted octanol–water partition coefficient (Wildman–Crippen LogP) is 12.0. The van der Waals surface area contributed by atoms with Crippen LogP contribution < -0.4 is 37.9 Å². The van der Waals surface area contributed by atoms with Crippen LogP contribution in [-0.2, 0) is 43.3 Å². The minimum absolute atomic E-state index is 0. The number of hydrogen-bond donors (Lipinski definition) is 3. The standard InChI is InChI=1S/C26H32F2N2O4.C21H24F2N2O2.C15H23BFNO4.C11H11FINO2.2ClH/c1-5-21-17-30(25(32)33-21)20-11-12-22(23(28)15-20)19-9-7-18(8-10-19)16-29(14-6-13-27)24(31)34-26(2,3)4;1-2-18-14-25(21(26)27-18)17-8-9-19(20(23)12-17)16-6-4-15(5-7-16)13-24-11-3-10-22;1-15(2,3)22-14(19)18(10-4-9-17)11-12-5-7-13(8-6-12)16(20)21;1-2-8-6-14(11(15)16-8)7-3-4-10(13)9(12)5-7;;/h7-12,15,21H,5-6,13-14,16-17H2,1-4H3;4-9,12,18,24H,2-3,10-11,13-14H2,1H3;5-8,20-21H,4,9-11H2,1-3H3;3-5,8H,2,6H2,1H3;2*1H/t21-;18-;;8-;;/m00.0../s1. The molecule has 4 N–H and O–H groups in total. The van der Waals surface area contributed by atoms with Crippen molar-refractivity contribution < 1.29 is 102 Å². The molecule has 0 aliphatic carbocycles. The van der Waals surface area contributed by atoms with Crippen LogP contribution >= 0.6 is 35.0 Å². The Morgan fingerprint density at radius 1 is 0.545 bits per heavy atom. The molecule has 0 aromatic heterocycles. The van der Waals surface area contributed by atoms with Crippen molar-refractivity contribution in [3.8, 4) is 22.3 Å². The quantitative estimate of drug-likeness (QED) is 0.0170. The fourth-order valence-electron chi connectivity index (χ4n) is 10.3. The lowest BCUT2D eigenvalue weighted by Gasteiger charge is -2.27. The summed E-state index contributed by atoms with van der Waals surface area (Å²) in [4.78, 5) is 67.4. The smallest absolute Gasteiger partial charge is 0.488 e. The van der Waals surface area contributed by atoms with Crippen molar-refractivity contribution in [1.82, 2.24) is 9.80 Å². The zero-order chi connectivity index (χ0) is 72.6. The van der Waals surface area contributed by atoms with Crippen LogP contribution in [0.15, 0.2) is 127 Å². The van der Waals surface area contributed by atoms with Gasteiger partial charge in [-0.15, -0.1) is 12.4 Å². The number of cyclic esters (lactones) is 3. The first-order valence-corrected chi connectivity index (χ1v) is 34.2. The molecule has 0 saturated carbocycles. The molecule has 9 rings (SSSR count). The Labute approximate surface area is 614 Å². The number of carbonyl (C=O) groups excluding carboxylic acids is 5. The largest absolute Gasteiger partial charge is 1.00 e. The molecule has 0 spiro atoms. The Hall–Kier alpha value is -7.50. The van der Waals surface area contributed by atoms with Gasteiger partial charge >= 0.3 is 37.6 Å². The maximum absolute atomic E-state index is 14.9. The van der Waals surface area contributed by atoms with E-state index in [0.29, 0.717) is 75.3 Å². The highest BCUT2D eigenvalue weighted by atomic mass is 127. The van der Waals surface area contributed by atoms with E-state index in [4.69, 9.17) is 33.7 Å². The van der Waals surface area contributed by atoms with E-state index < -0.39 is 68.0 Å². The number of anilines is 3. The van der Waals surface area contributed by atoms with Crippen LogP contribution in [0, 0.1) is 21.0 Å². The van der Waals surface area contributed by atoms with E-state index in [-0.39, 0.29) is 100 Å². The van der Waals surface area contributed by atoms with Gasteiger partial charge < -0.3 is 61.3 Å². The van der Waals surface area contributed by atoms with Gasteiger partial charge in [0, 0.05) is 52.9 Å². The van der Waals surface area contributed by atoms with Gasteiger partial charge in [-0.3, -0.25) is 27.9 Å². The number of amides is 5. The molecular weight excluding hydrogens is 1480 g/mol. The molecule has 101 heavy (non-hydrogen) atoms. The third-order valence-electron chi connectivity index (χ3n) is 15.6. The number of nitrogens with two attached hydrogens (primary N) is 1. The number of ether oxygens (including phenoxy) is 5. The van der Waals surface area contributed by atoms with Gasteiger partial charge in [-0.2, -0.15) is 0 Å². The molecule has 28 heteroatoms. The monoisotopic (exact) mass is 1570 g/mol. The van der Waals surface area contributed by atoms with E-state index in [0.717, 1.165) is 48.2 Å². The van der Waals surface area contributed by atoms with Gasteiger partial charge in [-0.1, -0.05) is 93.6 Å². The highest BCUT2D eigenvalue weighted by Crippen LogP contribution is 2.33. The van der Waals surface area contributed by atoms with Crippen molar-refractivity contribution in [3.63, 3.8) is 0 Å². The van der Waals surface area contributed by atoms with Crippen LogP contribution in [0.2, 0.25) is 0 Å². The lowest BCUT2D eigenvalue weighted by Crippen LogP contribution is -3.00. The van der Waals surface area contributed by atoms with Crippen LogP contribution in [0.4, 0.5) is 67.4 Å². The first-order chi connectivity index (χ1) is 47.1. The SMILES string of the molecule is CC(C)(C)OC(=O)N(CCCF)Cc1ccc(B(O)O)cc1.CC[C@H]1CN(c2ccc(-c3ccc(CN(CCCF)C(=O)OC(C)(C)C)cc3)c(F)c2)C(=O)O1.CC[C@H]1CN(c2ccc(-c3ccc(C[NH2+]CCCF)cc3)c(F)c2)C(=O)O1.CC[C@H]1CN(c2ccc(I)c(F)c2)C(=O)O1.Cl.[Cl-]. The fourth-order valence-corrected chi connectivity index (χ4v) is 10.6. The minimum Gasteiger partial charge on any atom is -1.00 e. The first kappa shape index (κ1) is 85.9. The first-order valence-electron chi connectivity index (χ1n) is 33.1. The van der Waals surface area contributed by atoms with Crippen molar-refractivity contribution in [1.29, 1.82) is 0 Å². The zero-order valence-electron chi connectivity index (χ0n) is 58.4. The number of nitrogens with zero attached hydrogens (tertiary/aromatic N) is 5. The molecule has 6 aromatic rings. The second kappa shape index (κ2) is 41.6. The topological polar surface area (TPSA) is 205 Å². The van der Waals surface area contributed by atoms with E-state index in [2.05, 4.69) is 5.32 Å². The number of alkyl halides is 3. The summed E-state index contributed by atoms with van der Waals surface area (Å²) in [5.74, 6) is -1.13. The van der Waals surface area contributed by atoms with E-state index in [1.165, 1.54) is 42.7 Å². The molecule has 3 saturated heterocycles. The maximum Gasteiger partial charge on any atom is 0.488 e. The van der Waals surface area contributed by atoms with Gasteiger partial charge in [0.2, 0.25) is 0 Å². The molecule has 3 aliphatic heterocycles. The lowest BCUT2D eigenvalue weighted by molar-refractivity contribution is -0.670. The van der Waals surface area contributed by atoms with Crippen LogP contribution in [0.5, 0.6) is 0 Å². The molecule has 552 valence electrons. The Morgan fingerprint density at radius 2 is 0.891 bits per heavy atom. The van der Waals surface area contributed by atoms with E-state index in [1.807, 2.05) is 67.6 Å². The second-order valence-corrected chi connectivity index (χ2v) is 26.9. The van der Waals surface area contributed by atoms with Crippen molar-refractivity contribution in [2.75, 3.05) is 74.0 Å².